The van der Waals surface area contributed by atoms with Crippen molar-refractivity contribution in [1.82, 2.24) is 0 Å². The zero-order chi connectivity index (χ0) is 14.6. The van der Waals surface area contributed by atoms with Crippen molar-refractivity contribution in [2.45, 2.75) is 25.7 Å². The van der Waals surface area contributed by atoms with Gasteiger partial charge in [0, 0.05) is 18.0 Å². The molecule has 2 aliphatic rings. The first-order valence-electron chi connectivity index (χ1n) is 7.65. The van der Waals surface area contributed by atoms with Crippen LogP contribution in [0.5, 0.6) is 0 Å². The van der Waals surface area contributed by atoms with Gasteiger partial charge < -0.3 is 4.90 Å². The molecule has 0 atom stereocenters. The summed E-state index contributed by atoms with van der Waals surface area (Å²) in [6.07, 6.45) is 4.14. The second-order valence-electron chi connectivity index (χ2n) is 6.31. The van der Waals surface area contributed by atoms with Crippen LogP contribution in [0, 0.1) is 5.41 Å². The second-order valence-corrected chi connectivity index (χ2v) is 6.31. The highest BCUT2D eigenvalue weighted by Crippen LogP contribution is 2.55. The first kappa shape index (κ1) is 12.6. The van der Waals surface area contributed by atoms with E-state index in [0.717, 1.165) is 47.9 Å². The van der Waals surface area contributed by atoms with Gasteiger partial charge in [-0.1, -0.05) is 55.8 Å². The molecule has 106 valence electrons. The van der Waals surface area contributed by atoms with Crippen molar-refractivity contribution >= 4 is 27.9 Å². The molecule has 1 amide bonds. The van der Waals surface area contributed by atoms with Crippen LogP contribution < -0.4 is 4.90 Å². The summed E-state index contributed by atoms with van der Waals surface area (Å²) in [6.45, 7) is 4.33. The lowest BCUT2D eigenvalue weighted by molar-refractivity contribution is -0.125. The minimum atomic E-state index is -0.343. The zero-order valence-electron chi connectivity index (χ0n) is 12.4. The van der Waals surface area contributed by atoms with Gasteiger partial charge in [0.05, 0.1) is 11.1 Å². The number of amides is 1. The fourth-order valence-corrected chi connectivity index (χ4v) is 4.16. The van der Waals surface area contributed by atoms with Gasteiger partial charge in [-0.2, -0.15) is 0 Å². The van der Waals surface area contributed by atoms with Crippen molar-refractivity contribution in [2.24, 2.45) is 5.41 Å². The molecule has 0 bridgehead atoms. The largest absolute Gasteiger partial charge is 0.314 e. The monoisotopic (exact) mass is 277 g/mol. The summed E-state index contributed by atoms with van der Waals surface area (Å²) in [7, 11) is 1.92. The van der Waals surface area contributed by atoms with Gasteiger partial charge in [0.1, 0.15) is 0 Å². The Balaban J connectivity index is 2.03. The molecule has 1 aliphatic carbocycles. The molecule has 0 saturated heterocycles. The predicted octanol–water partition coefficient (Wildman–Crippen LogP) is 4.39. The summed E-state index contributed by atoms with van der Waals surface area (Å²) in [4.78, 5) is 14.9. The second kappa shape index (κ2) is 4.20. The van der Waals surface area contributed by atoms with E-state index in [2.05, 4.69) is 30.8 Å². The van der Waals surface area contributed by atoms with E-state index in [0.29, 0.717) is 0 Å². The van der Waals surface area contributed by atoms with Crippen LogP contribution in [-0.4, -0.2) is 13.0 Å². The van der Waals surface area contributed by atoms with Crippen molar-refractivity contribution < 1.29 is 4.79 Å². The maximum atomic E-state index is 13.0. The van der Waals surface area contributed by atoms with Crippen molar-refractivity contribution in [2.75, 3.05) is 11.9 Å². The molecule has 0 radical (unpaired) electrons. The lowest BCUT2D eigenvalue weighted by Crippen LogP contribution is -2.45. The Kier molecular flexibility index (Phi) is 2.53. The lowest BCUT2D eigenvalue weighted by Gasteiger charge is -2.41. The number of rotatable bonds is 0. The van der Waals surface area contributed by atoms with Crippen molar-refractivity contribution in [3.8, 4) is 0 Å². The van der Waals surface area contributed by atoms with Gasteiger partial charge in [-0.3, -0.25) is 4.79 Å². The third kappa shape index (κ3) is 1.50. The van der Waals surface area contributed by atoms with E-state index in [9.17, 15) is 4.79 Å². The fraction of sp³-hybridized carbons (Fsp3) is 0.316. The molecule has 1 fully saturated rings. The normalized spacial score (nSPS) is 20.3. The smallest absolute Gasteiger partial charge is 0.237 e. The SMILES string of the molecule is C=C1c2ccc3ccccc3c2N(C)C(=O)C12CCCC2. The van der Waals surface area contributed by atoms with E-state index in [-0.39, 0.29) is 11.3 Å². The number of hydrogen-bond acceptors (Lipinski definition) is 1. The third-order valence-corrected chi connectivity index (χ3v) is 5.31. The summed E-state index contributed by atoms with van der Waals surface area (Å²) in [6, 6.07) is 12.5. The number of hydrogen-bond donors (Lipinski definition) is 0. The molecule has 4 rings (SSSR count). The lowest BCUT2D eigenvalue weighted by atomic mass is 9.71. The van der Waals surface area contributed by atoms with Crippen molar-refractivity contribution in [1.29, 1.82) is 0 Å². The molecule has 0 N–H and O–H groups in total. The van der Waals surface area contributed by atoms with E-state index in [1.165, 1.54) is 5.39 Å². The molecule has 2 aromatic carbocycles. The van der Waals surface area contributed by atoms with Crippen molar-refractivity contribution in [3.05, 3.63) is 48.5 Å². The zero-order valence-corrected chi connectivity index (χ0v) is 12.4. The molecule has 1 spiro atoms. The molecule has 2 heteroatoms. The Hall–Kier alpha value is -2.09. The molecule has 2 aromatic rings. The van der Waals surface area contributed by atoms with Gasteiger partial charge in [0.15, 0.2) is 0 Å². The minimum Gasteiger partial charge on any atom is -0.314 e. The highest BCUT2D eigenvalue weighted by atomic mass is 16.2. The predicted molar refractivity (Wildman–Crippen MR) is 87.3 cm³/mol. The highest BCUT2D eigenvalue weighted by molar-refractivity contribution is 6.17. The van der Waals surface area contributed by atoms with Gasteiger partial charge in [0.25, 0.3) is 0 Å². The van der Waals surface area contributed by atoms with Gasteiger partial charge in [0.2, 0.25) is 5.91 Å². The molecule has 0 aromatic heterocycles. The molecule has 21 heavy (non-hydrogen) atoms. The van der Waals surface area contributed by atoms with E-state index < -0.39 is 0 Å². The van der Waals surface area contributed by atoms with Crippen LogP contribution in [0.1, 0.15) is 31.2 Å². The summed E-state index contributed by atoms with van der Waals surface area (Å²) >= 11 is 0. The Morgan fingerprint density at radius 3 is 2.57 bits per heavy atom. The maximum Gasteiger partial charge on any atom is 0.237 e. The number of benzene rings is 2. The van der Waals surface area contributed by atoms with Gasteiger partial charge in [-0.05, 0) is 23.8 Å². The first-order valence-corrected chi connectivity index (χ1v) is 7.65. The van der Waals surface area contributed by atoms with E-state index in [1.54, 1.807) is 0 Å². The average molecular weight is 277 g/mol. The summed E-state index contributed by atoms with van der Waals surface area (Å²) < 4.78 is 0. The molecule has 1 heterocycles. The quantitative estimate of drug-likeness (QED) is 0.699. The fourth-order valence-electron chi connectivity index (χ4n) is 4.16. The first-order chi connectivity index (χ1) is 10.1. The summed E-state index contributed by atoms with van der Waals surface area (Å²) in [5, 5.41) is 2.31. The van der Waals surface area contributed by atoms with Crippen molar-refractivity contribution in [3.63, 3.8) is 0 Å². The Labute approximate surface area is 125 Å². The molecular weight excluding hydrogens is 258 g/mol. The average Bonchev–Trinajstić information content (AvgIpc) is 3.01. The van der Waals surface area contributed by atoms with Gasteiger partial charge in [-0.15, -0.1) is 0 Å². The molecule has 1 saturated carbocycles. The highest BCUT2D eigenvalue weighted by Gasteiger charge is 2.49. The van der Waals surface area contributed by atoms with Gasteiger partial charge >= 0.3 is 0 Å². The summed E-state index contributed by atoms with van der Waals surface area (Å²) in [5.41, 5.74) is 2.87. The van der Waals surface area contributed by atoms with Crippen LogP contribution in [0.2, 0.25) is 0 Å². The van der Waals surface area contributed by atoms with Crippen LogP contribution in [0.25, 0.3) is 16.3 Å². The molecular formula is C19H19NO. The van der Waals surface area contributed by atoms with Gasteiger partial charge in [-0.25, -0.2) is 0 Å². The third-order valence-electron chi connectivity index (χ3n) is 5.31. The molecule has 2 nitrogen and oxygen atoms in total. The van der Waals surface area contributed by atoms with Crippen LogP contribution in [0.3, 0.4) is 0 Å². The van der Waals surface area contributed by atoms with E-state index >= 15 is 0 Å². The summed E-state index contributed by atoms with van der Waals surface area (Å²) in [5.74, 6) is 0.230. The maximum absolute atomic E-state index is 13.0. The topological polar surface area (TPSA) is 20.3 Å². The van der Waals surface area contributed by atoms with E-state index in [1.807, 2.05) is 24.1 Å². The van der Waals surface area contributed by atoms with Crippen LogP contribution in [-0.2, 0) is 4.79 Å². The Morgan fingerprint density at radius 2 is 1.81 bits per heavy atom. The standard InChI is InChI=1S/C19H19NO/c1-13-15-10-9-14-7-3-4-8-16(14)17(15)20(2)18(21)19(13)11-5-6-12-19/h3-4,7-10H,1,5-6,11-12H2,2H3. The van der Waals surface area contributed by atoms with Crippen LogP contribution in [0.15, 0.2) is 43.0 Å². The molecule has 0 unspecified atom stereocenters. The Morgan fingerprint density at radius 1 is 1.10 bits per heavy atom. The van der Waals surface area contributed by atoms with Crippen LogP contribution >= 0.6 is 0 Å². The minimum absolute atomic E-state index is 0.230. The Bertz CT molecular complexity index is 768. The van der Waals surface area contributed by atoms with Crippen LogP contribution in [0.4, 0.5) is 5.69 Å². The molecule has 1 aliphatic heterocycles. The number of nitrogens with zero attached hydrogens (tertiary/aromatic N) is 1. The number of fused-ring (bicyclic) bond motifs is 3. The number of anilines is 1. The number of carbonyl (C=O) groups is 1. The van der Waals surface area contributed by atoms with E-state index in [4.69, 9.17) is 0 Å². The number of carbonyl (C=O) groups excluding carboxylic acids is 1.